The topological polar surface area (TPSA) is 42.4 Å². The van der Waals surface area contributed by atoms with Crippen molar-refractivity contribution in [1.82, 2.24) is 10.0 Å². The molecule has 1 fully saturated rings. The number of rotatable bonds is 3. The van der Waals surface area contributed by atoms with Crippen LogP contribution in [0.1, 0.15) is 28.3 Å². The van der Waals surface area contributed by atoms with Gasteiger partial charge in [0.15, 0.2) is 0 Å². The average molecular weight is 268 g/mol. The number of hydrogen-bond acceptors (Lipinski definition) is 4. The first-order valence-corrected chi connectivity index (χ1v) is 6.75. The van der Waals surface area contributed by atoms with E-state index in [4.69, 9.17) is 4.84 Å². The van der Waals surface area contributed by atoms with Crippen molar-refractivity contribution < 1.29 is 9.63 Å². The van der Waals surface area contributed by atoms with Crippen molar-refractivity contribution in [1.29, 1.82) is 0 Å². The first-order chi connectivity index (χ1) is 9.83. The summed E-state index contributed by atoms with van der Waals surface area (Å²) in [6.45, 7) is 1.49. The molecule has 4 heteroatoms. The largest absolute Gasteiger partial charge is 0.364 e. The molecule has 0 saturated carbocycles. The molecule has 1 aromatic heterocycles. The normalized spacial score (nSPS) is 18.9. The molecule has 1 aliphatic heterocycles. The van der Waals surface area contributed by atoms with Gasteiger partial charge in [-0.15, -0.1) is 5.06 Å². The molecule has 1 aliphatic rings. The fourth-order valence-electron chi connectivity index (χ4n) is 2.44. The summed E-state index contributed by atoms with van der Waals surface area (Å²) in [7, 11) is 0. The summed E-state index contributed by atoms with van der Waals surface area (Å²) in [5.41, 5.74) is 1.78. The van der Waals surface area contributed by atoms with E-state index >= 15 is 0 Å². The van der Waals surface area contributed by atoms with E-state index < -0.39 is 0 Å². The lowest BCUT2D eigenvalue weighted by molar-refractivity contribution is -0.0936. The number of hydroxylamine groups is 2. The molecule has 2 heterocycles. The summed E-state index contributed by atoms with van der Waals surface area (Å²) in [6, 6.07) is 13.1. The number of benzene rings is 1. The van der Waals surface area contributed by atoms with Crippen LogP contribution >= 0.6 is 0 Å². The Morgan fingerprint density at radius 1 is 1.20 bits per heavy atom. The summed E-state index contributed by atoms with van der Waals surface area (Å²) in [6.07, 6.45) is 4.63. The Kier molecular flexibility index (Phi) is 3.74. The predicted molar refractivity (Wildman–Crippen MR) is 75.0 cm³/mol. The van der Waals surface area contributed by atoms with Gasteiger partial charge in [-0.3, -0.25) is 4.98 Å². The van der Waals surface area contributed by atoms with E-state index in [0.717, 1.165) is 19.5 Å². The summed E-state index contributed by atoms with van der Waals surface area (Å²) in [5.74, 6) is 0.0877. The van der Waals surface area contributed by atoms with Crippen LogP contribution in [0.4, 0.5) is 0 Å². The van der Waals surface area contributed by atoms with Gasteiger partial charge in [-0.25, -0.2) is 4.79 Å². The molecule has 4 nitrogen and oxygen atoms in total. The van der Waals surface area contributed by atoms with Crippen molar-refractivity contribution in [3.63, 3.8) is 0 Å². The van der Waals surface area contributed by atoms with E-state index in [1.807, 2.05) is 30.5 Å². The Morgan fingerprint density at radius 3 is 2.80 bits per heavy atom. The molecule has 2 aromatic rings. The van der Waals surface area contributed by atoms with E-state index in [-0.39, 0.29) is 5.97 Å². The quantitative estimate of drug-likeness (QED) is 0.858. The van der Waals surface area contributed by atoms with Gasteiger partial charge in [-0.05, 0) is 30.2 Å². The fourth-order valence-corrected chi connectivity index (χ4v) is 2.44. The number of hydrogen-bond donors (Lipinski definition) is 0. The highest BCUT2D eigenvalue weighted by Gasteiger charge is 2.27. The Bertz CT molecular complexity index is 572. The maximum Gasteiger partial charge on any atom is 0.357 e. The predicted octanol–water partition coefficient (Wildman–Crippen LogP) is 2.64. The highest BCUT2D eigenvalue weighted by Crippen LogP contribution is 2.26. The highest BCUT2D eigenvalue weighted by atomic mass is 16.7. The van der Waals surface area contributed by atoms with Crippen LogP contribution in [0.25, 0.3) is 0 Å². The first-order valence-electron chi connectivity index (χ1n) is 6.75. The maximum atomic E-state index is 12.0. The second-order valence-electron chi connectivity index (χ2n) is 4.90. The summed E-state index contributed by atoms with van der Waals surface area (Å²) >= 11 is 0. The highest BCUT2D eigenvalue weighted by molar-refractivity contribution is 5.89. The number of carbonyl (C=O) groups is 1. The Labute approximate surface area is 118 Å². The van der Waals surface area contributed by atoms with Gasteiger partial charge < -0.3 is 4.84 Å². The lowest BCUT2D eigenvalue weighted by atomic mass is 10.0. The third-order valence-corrected chi connectivity index (χ3v) is 3.53. The zero-order valence-corrected chi connectivity index (χ0v) is 11.1. The SMILES string of the molecule is O=C(ON1CCC(c2cccnc2)C1)c1ccccc1. The molecular formula is C16H16N2O2. The molecule has 1 atom stereocenters. The van der Waals surface area contributed by atoms with Crippen LogP contribution in [0.2, 0.25) is 0 Å². The van der Waals surface area contributed by atoms with Crippen molar-refractivity contribution in [2.45, 2.75) is 12.3 Å². The van der Waals surface area contributed by atoms with Gasteiger partial charge in [0.25, 0.3) is 0 Å². The monoisotopic (exact) mass is 268 g/mol. The Balaban J connectivity index is 1.60. The number of carbonyl (C=O) groups excluding carboxylic acids is 1. The smallest absolute Gasteiger partial charge is 0.357 e. The van der Waals surface area contributed by atoms with Crippen molar-refractivity contribution in [2.24, 2.45) is 0 Å². The molecule has 20 heavy (non-hydrogen) atoms. The molecule has 1 unspecified atom stereocenters. The molecule has 0 bridgehead atoms. The standard InChI is InChI=1S/C16H16N2O2/c19-16(13-5-2-1-3-6-13)20-18-10-8-15(12-18)14-7-4-9-17-11-14/h1-7,9,11,15H,8,10,12H2. The second-order valence-corrected chi connectivity index (χ2v) is 4.90. The lowest BCUT2D eigenvalue weighted by Gasteiger charge is -2.15. The number of aromatic nitrogens is 1. The molecular weight excluding hydrogens is 252 g/mol. The van der Waals surface area contributed by atoms with Crippen LogP contribution in [0.5, 0.6) is 0 Å². The minimum atomic E-state index is -0.294. The lowest BCUT2D eigenvalue weighted by Crippen LogP contribution is -2.25. The third kappa shape index (κ3) is 2.86. The van der Waals surface area contributed by atoms with Gasteiger partial charge >= 0.3 is 5.97 Å². The fraction of sp³-hybridized carbons (Fsp3) is 0.250. The second kappa shape index (κ2) is 5.84. The van der Waals surface area contributed by atoms with Crippen molar-refractivity contribution in [3.05, 3.63) is 66.0 Å². The van der Waals surface area contributed by atoms with Crippen molar-refractivity contribution in [2.75, 3.05) is 13.1 Å². The van der Waals surface area contributed by atoms with Gasteiger partial charge in [-0.2, -0.15) is 0 Å². The summed E-state index contributed by atoms with van der Waals surface area (Å²) in [4.78, 5) is 21.5. The van der Waals surface area contributed by atoms with Crippen LogP contribution in [0.15, 0.2) is 54.9 Å². The van der Waals surface area contributed by atoms with Crippen molar-refractivity contribution in [3.8, 4) is 0 Å². The minimum absolute atomic E-state index is 0.294. The first kappa shape index (κ1) is 12.8. The Morgan fingerprint density at radius 2 is 2.05 bits per heavy atom. The molecule has 0 spiro atoms. The molecule has 1 saturated heterocycles. The molecule has 102 valence electrons. The van der Waals surface area contributed by atoms with Gasteiger partial charge in [0.05, 0.1) is 5.56 Å². The van der Waals surface area contributed by atoms with Crippen molar-refractivity contribution >= 4 is 5.97 Å². The maximum absolute atomic E-state index is 12.0. The summed E-state index contributed by atoms with van der Waals surface area (Å²) in [5, 5.41) is 1.74. The summed E-state index contributed by atoms with van der Waals surface area (Å²) < 4.78 is 0. The number of pyridine rings is 1. The third-order valence-electron chi connectivity index (χ3n) is 3.53. The van der Waals surface area contributed by atoms with Gasteiger partial charge in [0.2, 0.25) is 0 Å². The Hall–Kier alpha value is -2.20. The van der Waals surface area contributed by atoms with Gasteiger partial charge in [0.1, 0.15) is 0 Å². The molecule has 3 rings (SSSR count). The van der Waals surface area contributed by atoms with E-state index in [9.17, 15) is 4.79 Å². The molecule has 0 amide bonds. The van der Waals surface area contributed by atoms with Crippen LogP contribution in [-0.2, 0) is 4.84 Å². The van der Waals surface area contributed by atoms with Gasteiger partial charge in [0, 0.05) is 31.4 Å². The van der Waals surface area contributed by atoms with Crippen LogP contribution in [-0.4, -0.2) is 29.1 Å². The molecule has 0 N–H and O–H groups in total. The van der Waals surface area contributed by atoms with Crippen LogP contribution in [0, 0.1) is 0 Å². The molecule has 0 aliphatic carbocycles. The number of nitrogens with zero attached hydrogens (tertiary/aromatic N) is 2. The average Bonchev–Trinajstić information content (AvgIpc) is 2.97. The minimum Gasteiger partial charge on any atom is -0.364 e. The van der Waals surface area contributed by atoms with E-state index in [2.05, 4.69) is 11.1 Å². The van der Waals surface area contributed by atoms with E-state index in [1.165, 1.54) is 5.56 Å². The molecule has 1 aromatic carbocycles. The zero-order chi connectivity index (χ0) is 13.8. The van der Waals surface area contributed by atoms with E-state index in [0.29, 0.717) is 11.5 Å². The zero-order valence-electron chi connectivity index (χ0n) is 11.1. The van der Waals surface area contributed by atoms with Crippen LogP contribution in [0.3, 0.4) is 0 Å². The van der Waals surface area contributed by atoms with Gasteiger partial charge in [-0.1, -0.05) is 24.3 Å². The van der Waals surface area contributed by atoms with Crippen LogP contribution < -0.4 is 0 Å². The molecule has 0 radical (unpaired) electrons. The van der Waals surface area contributed by atoms with E-state index in [1.54, 1.807) is 23.4 Å².